The van der Waals surface area contributed by atoms with Crippen molar-refractivity contribution in [1.82, 2.24) is 0 Å². The third-order valence-electron chi connectivity index (χ3n) is 5.37. The Kier molecular flexibility index (Phi) is 9.81. The molecular weight excluding hydrogens is 483 g/mol. The Bertz CT molecular complexity index is 1230. The fraction of sp³-hybridized carbons (Fsp3) is 0.333. The second-order valence-corrected chi connectivity index (χ2v) is 9.00. The van der Waals surface area contributed by atoms with E-state index in [2.05, 4.69) is 22.1 Å². The molecular formula is C27H34Cl2N4O2. The number of nitrogens with zero attached hydrogens (tertiary/aromatic N) is 2. The summed E-state index contributed by atoms with van der Waals surface area (Å²) in [4.78, 5) is 8.86. The van der Waals surface area contributed by atoms with E-state index >= 15 is 0 Å². The molecule has 0 unspecified atom stereocenters. The zero-order chi connectivity index (χ0) is 23.5. The monoisotopic (exact) mass is 516 g/mol. The predicted octanol–water partition coefficient (Wildman–Crippen LogP) is 6.43. The molecule has 2 heterocycles. The maximum atomic E-state index is 6.11. The van der Waals surface area contributed by atoms with Gasteiger partial charge < -0.3 is 20.3 Å². The van der Waals surface area contributed by atoms with Gasteiger partial charge in [-0.3, -0.25) is 9.98 Å². The van der Waals surface area contributed by atoms with Crippen LogP contribution in [-0.4, -0.2) is 23.8 Å². The third-order valence-corrected chi connectivity index (χ3v) is 5.37. The number of hydrogen-bond donors (Lipinski definition) is 2. The molecule has 6 nitrogen and oxygen atoms in total. The molecule has 0 spiro atoms. The van der Waals surface area contributed by atoms with E-state index in [9.17, 15) is 0 Å². The first-order chi connectivity index (χ1) is 15.8. The van der Waals surface area contributed by atoms with Crippen molar-refractivity contribution in [2.24, 2.45) is 21.5 Å². The lowest BCUT2D eigenvalue weighted by molar-refractivity contribution is 0.510. The Hall–Kier alpha value is -2.96. The first kappa shape index (κ1) is 28.3. The quantitative estimate of drug-likeness (QED) is 0.208. The number of benzene rings is 2. The smallest absolute Gasteiger partial charge is 0.134 e. The average molecular weight is 518 g/mol. The van der Waals surface area contributed by atoms with E-state index in [1.165, 1.54) is 0 Å². The second-order valence-electron chi connectivity index (χ2n) is 9.00. The molecule has 4 aromatic rings. The largest absolute Gasteiger partial charge is 0.461 e. The van der Waals surface area contributed by atoms with Crippen molar-refractivity contribution in [3.63, 3.8) is 0 Å². The average Bonchev–Trinajstić information content (AvgIpc) is 3.34. The van der Waals surface area contributed by atoms with Gasteiger partial charge in [-0.1, -0.05) is 0 Å². The second kappa shape index (κ2) is 12.1. The van der Waals surface area contributed by atoms with E-state index in [0.29, 0.717) is 11.7 Å². The minimum atomic E-state index is 0. The molecule has 0 aliphatic rings. The minimum absolute atomic E-state index is 0. The molecule has 0 aliphatic heterocycles. The standard InChI is InChI=1S/C27H32N4O2.2ClH/c1-16(2)30-26(28)18-8-10-24-20(12-18)14-22(32-24)6-5-7-23-15-21-13-19(9-11-25(21)33-23)27(29)31-17(3)4;;/h8-17H,5-7H2,1-4H3,(H2,28,30)(H2,29,31);2*1H. The molecule has 0 saturated carbocycles. The van der Waals surface area contributed by atoms with Gasteiger partial charge in [0.05, 0.1) is 0 Å². The molecule has 2 aromatic heterocycles. The molecule has 0 radical (unpaired) electrons. The highest BCUT2D eigenvalue weighted by molar-refractivity contribution is 6.01. The van der Waals surface area contributed by atoms with Crippen LogP contribution in [0.15, 0.2) is 67.4 Å². The summed E-state index contributed by atoms with van der Waals surface area (Å²) in [6.07, 6.45) is 2.58. The van der Waals surface area contributed by atoms with Crippen LogP contribution in [0.4, 0.5) is 0 Å². The third kappa shape index (κ3) is 7.03. The first-order valence-corrected chi connectivity index (χ1v) is 11.5. The lowest BCUT2D eigenvalue weighted by Gasteiger charge is -2.03. The summed E-state index contributed by atoms with van der Waals surface area (Å²) in [7, 11) is 0. The van der Waals surface area contributed by atoms with Gasteiger partial charge in [-0.05, 0) is 82.6 Å². The first-order valence-electron chi connectivity index (χ1n) is 11.5. The fourth-order valence-electron chi connectivity index (χ4n) is 3.90. The minimum Gasteiger partial charge on any atom is -0.461 e. The van der Waals surface area contributed by atoms with Gasteiger partial charge in [-0.2, -0.15) is 0 Å². The lowest BCUT2D eigenvalue weighted by Crippen LogP contribution is -2.15. The number of hydrogen-bond acceptors (Lipinski definition) is 4. The summed E-state index contributed by atoms with van der Waals surface area (Å²) >= 11 is 0. The molecule has 0 amide bonds. The van der Waals surface area contributed by atoms with Gasteiger partial charge >= 0.3 is 0 Å². The number of nitrogens with two attached hydrogens (primary N) is 2. The van der Waals surface area contributed by atoms with E-state index in [-0.39, 0.29) is 36.9 Å². The summed E-state index contributed by atoms with van der Waals surface area (Å²) in [5.41, 5.74) is 15.8. The van der Waals surface area contributed by atoms with Crippen LogP contribution in [-0.2, 0) is 12.8 Å². The highest BCUT2D eigenvalue weighted by Gasteiger charge is 2.10. The molecule has 0 aliphatic carbocycles. The van der Waals surface area contributed by atoms with Crippen molar-refractivity contribution in [3.05, 3.63) is 71.2 Å². The topological polar surface area (TPSA) is 103 Å². The predicted molar refractivity (Wildman–Crippen MR) is 151 cm³/mol. The van der Waals surface area contributed by atoms with Gasteiger partial charge in [0.25, 0.3) is 0 Å². The Labute approximate surface area is 218 Å². The van der Waals surface area contributed by atoms with Gasteiger partial charge in [-0.25, -0.2) is 0 Å². The molecule has 4 N–H and O–H groups in total. The van der Waals surface area contributed by atoms with Crippen LogP contribution in [0.25, 0.3) is 21.9 Å². The molecule has 8 heteroatoms. The summed E-state index contributed by atoms with van der Waals surface area (Å²) in [6, 6.07) is 16.4. The van der Waals surface area contributed by atoms with Crippen molar-refractivity contribution in [1.29, 1.82) is 0 Å². The van der Waals surface area contributed by atoms with Crippen molar-refractivity contribution in [2.45, 2.75) is 59.0 Å². The van der Waals surface area contributed by atoms with Gasteiger partial charge in [0, 0.05) is 46.8 Å². The fourth-order valence-corrected chi connectivity index (χ4v) is 3.90. The van der Waals surface area contributed by atoms with Gasteiger partial charge in [0.2, 0.25) is 0 Å². The normalized spacial score (nSPS) is 12.4. The molecule has 0 bridgehead atoms. The van der Waals surface area contributed by atoms with Crippen LogP contribution >= 0.6 is 24.8 Å². The maximum absolute atomic E-state index is 6.11. The number of furan rings is 2. The number of fused-ring (bicyclic) bond motifs is 2. The number of halogens is 2. The molecule has 0 saturated heterocycles. The van der Waals surface area contributed by atoms with Crippen molar-refractivity contribution >= 4 is 58.4 Å². The Morgan fingerprint density at radius 1 is 0.686 bits per heavy atom. The molecule has 0 fully saturated rings. The van der Waals surface area contributed by atoms with Crippen LogP contribution in [0.1, 0.15) is 56.8 Å². The van der Waals surface area contributed by atoms with E-state index < -0.39 is 0 Å². The van der Waals surface area contributed by atoms with E-state index in [4.69, 9.17) is 20.3 Å². The van der Waals surface area contributed by atoms with E-state index in [0.717, 1.165) is 63.8 Å². The van der Waals surface area contributed by atoms with Crippen LogP contribution in [0, 0.1) is 0 Å². The zero-order valence-corrected chi connectivity index (χ0v) is 22.2. The number of aliphatic imine (C=N–C) groups is 2. The molecule has 2 aromatic carbocycles. The highest BCUT2D eigenvalue weighted by Crippen LogP contribution is 2.25. The summed E-state index contributed by atoms with van der Waals surface area (Å²) in [6.45, 7) is 8.05. The molecule has 188 valence electrons. The Morgan fingerprint density at radius 3 is 1.46 bits per heavy atom. The molecule has 35 heavy (non-hydrogen) atoms. The summed E-state index contributed by atoms with van der Waals surface area (Å²) < 4.78 is 12.0. The SMILES string of the molecule is CC(C)N=C(N)c1ccc2oc(CCCc3cc4cc(C(N)=NC(C)C)ccc4o3)cc2c1.Cl.Cl. The Morgan fingerprint density at radius 2 is 1.09 bits per heavy atom. The maximum Gasteiger partial charge on any atom is 0.134 e. The Balaban J connectivity index is 0.00000216. The van der Waals surface area contributed by atoms with E-state index in [1.807, 2.05) is 64.1 Å². The van der Waals surface area contributed by atoms with Crippen molar-refractivity contribution in [3.8, 4) is 0 Å². The van der Waals surface area contributed by atoms with Gasteiger partial charge in [-0.15, -0.1) is 24.8 Å². The highest BCUT2D eigenvalue weighted by atomic mass is 35.5. The van der Waals surface area contributed by atoms with E-state index in [1.54, 1.807) is 0 Å². The molecule has 0 atom stereocenters. The van der Waals surface area contributed by atoms with Crippen LogP contribution in [0.3, 0.4) is 0 Å². The molecule has 4 rings (SSSR count). The van der Waals surface area contributed by atoms with Crippen LogP contribution < -0.4 is 11.5 Å². The van der Waals surface area contributed by atoms with Gasteiger partial charge in [0.1, 0.15) is 34.4 Å². The van der Waals surface area contributed by atoms with Crippen LogP contribution in [0.5, 0.6) is 0 Å². The summed E-state index contributed by atoms with van der Waals surface area (Å²) in [5.74, 6) is 3.02. The zero-order valence-electron chi connectivity index (χ0n) is 20.6. The van der Waals surface area contributed by atoms with Crippen molar-refractivity contribution < 1.29 is 8.83 Å². The summed E-state index contributed by atoms with van der Waals surface area (Å²) in [5, 5.41) is 2.09. The van der Waals surface area contributed by atoms with Crippen LogP contribution in [0.2, 0.25) is 0 Å². The van der Waals surface area contributed by atoms with Crippen molar-refractivity contribution in [2.75, 3.05) is 0 Å². The van der Waals surface area contributed by atoms with Gasteiger partial charge in [0.15, 0.2) is 0 Å². The number of amidine groups is 2. The number of rotatable bonds is 8. The number of aryl methyl sites for hydroxylation is 2. The lowest BCUT2D eigenvalue weighted by atomic mass is 10.1.